The molecule has 0 bridgehead atoms. The Morgan fingerprint density at radius 2 is 1.68 bits per heavy atom. The first-order valence-corrected chi connectivity index (χ1v) is 11.0. The van der Waals surface area contributed by atoms with Crippen molar-refractivity contribution in [3.63, 3.8) is 0 Å². The van der Waals surface area contributed by atoms with Crippen LogP contribution >= 0.6 is 11.6 Å². The molecule has 6 nitrogen and oxygen atoms in total. The van der Waals surface area contributed by atoms with Crippen LogP contribution in [-0.2, 0) is 11.4 Å². The minimum absolute atomic E-state index is 0.175. The van der Waals surface area contributed by atoms with Gasteiger partial charge in [-0.2, -0.15) is 5.10 Å². The van der Waals surface area contributed by atoms with Gasteiger partial charge in [0.2, 0.25) is 5.91 Å². The number of anilines is 1. The number of amides is 2. The summed E-state index contributed by atoms with van der Waals surface area (Å²) in [6.07, 6.45) is 1.59. The second-order valence-electron chi connectivity index (χ2n) is 7.57. The van der Waals surface area contributed by atoms with Gasteiger partial charge in [-0.25, -0.2) is 5.43 Å². The highest BCUT2D eigenvalue weighted by atomic mass is 35.5. The number of carbonyl (C=O) groups is 2. The highest BCUT2D eigenvalue weighted by Gasteiger charge is 2.09. The Balaban J connectivity index is 1.52. The van der Waals surface area contributed by atoms with Gasteiger partial charge in [-0.05, 0) is 58.8 Å². The lowest BCUT2D eigenvalue weighted by Crippen LogP contribution is -2.17. The Morgan fingerprint density at radius 1 is 0.941 bits per heavy atom. The normalized spacial score (nSPS) is 10.9. The SMILES string of the molecule is CC(=O)Nc1ccc(C(=O)N/N=C\c2c(OCc3ccc(Cl)cc3)ccc3ccccc23)cc1. The summed E-state index contributed by atoms with van der Waals surface area (Å²) in [6, 6.07) is 25.8. The molecule has 170 valence electrons. The third kappa shape index (κ3) is 5.79. The average molecular weight is 472 g/mol. The van der Waals surface area contributed by atoms with E-state index in [1.54, 1.807) is 30.5 Å². The van der Waals surface area contributed by atoms with Crippen molar-refractivity contribution in [1.82, 2.24) is 5.43 Å². The first-order chi connectivity index (χ1) is 16.5. The van der Waals surface area contributed by atoms with Crippen molar-refractivity contribution < 1.29 is 14.3 Å². The molecule has 2 N–H and O–H groups in total. The topological polar surface area (TPSA) is 79.8 Å². The van der Waals surface area contributed by atoms with Gasteiger partial charge in [-0.1, -0.05) is 54.1 Å². The largest absolute Gasteiger partial charge is 0.488 e. The lowest BCUT2D eigenvalue weighted by molar-refractivity contribution is -0.114. The van der Waals surface area contributed by atoms with Crippen molar-refractivity contribution in [3.8, 4) is 5.75 Å². The van der Waals surface area contributed by atoms with Gasteiger partial charge in [0.1, 0.15) is 12.4 Å². The lowest BCUT2D eigenvalue weighted by atomic mass is 10.0. The van der Waals surface area contributed by atoms with E-state index in [0.29, 0.717) is 28.6 Å². The van der Waals surface area contributed by atoms with Gasteiger partial charge in [-0.15, -0.1) is 0 Å². The zero-order valence-electron chi connectivity index (χ0n) is 18.4. The van der Waals surface area contributed by atoms with Crippen LogP contribution in [0.1, 0.15) is 28.4 Å². The minimum atomic E-state index is -0.366. The molecular formula is C27H22ClN3O3. The Labute approximate surface area is 202 Å². The van der Waals surface area contributed by atoms with Crippen LogP contribution in [0.2, 0.25) is 5.02 Å². The van der Waals surface area contributed by atoms with E-state index in [9.17, 15) is 9.59 Å². The van der Waals surface area contributed by atoms with E-state index in [0.717, 1.165) is 21.9 Å². The van der Waals surface area contributed by atoms with Gasteiger partial charge >= 0.3 is 0 Å². The standard InChI is InChI=1S/C27H22ClN3O3/c1-18(32)30-23-13-8-21(9-14-23)27(33)31-29-16-25-24-5-3-2-4-20(24)10-15-26(25)34-17-19-6-11-22(28)12-7-19/h2-16H,17H2,1H3,(H,30,32)(H,31,33)/b29-16-. The van der Waals surface area contributed by atoms with Crippen molar-refractivity contribution in [1.29, 1.82) is 0 Å². The van der Waals surface area contributed by atoms with Gasteiger partial charge in [0.15, 0.2) is 0 Å². The van der Waals surface area contributed by atoms with E-state index in [-0.39, 0.29) is 11.8 Å². The number of ether oxygens (including phenoxy) is 1. The third-order valence-electron chi connectivity index (χ3n) is 5.07. The molecule has 0 spiro atoms. The number of halogens is 1. The smallest absolute Gasteiger partial charge is 0.271 e. The molecule has 2 amide bonds. The van der Waals surface area contributed by atoms with Crippen molar-refractivity contribution in [3.05, 3.63) is 107 Å². The van der Waals surface area contributed by atoms with Crippen LogP contribution in [0, 0.1) is 0 Å². The maximum atomic E-state index is 12.5. The van der Waals surface area contributed by atoms with Crippen molar-refractivity contribution in [2.24, 2.45) is 5.10 Å². The van der Waals surface area contributed by atoms with Crippen LogP contribution in [0.4, 0.5) is 5.69 Å². The van der Waals surface area contributed by atoms with E-state index >= 15 is 0 Å². The molecule has 4 aromatic carbocycles. The highest BCUT2D eigenvalue weighted by molar-refractivity contribution is 6.30. The summed E-state index contributed by atoms with van der Waals surface area (Å²) < 4.78 is 6.08. The molecule has 0 heterocycles. The lowest BCUT2D eigenvalue weighted by Gasteiger charge is -2.12. The van der Waals surface area contributed by atoms with E-state index in [1.165, 1.54) is 6.92 Å². The number of nitrogens with zero attached hydrogens (tertiary/aromatic N) is 1. The molecule has 0 aliphatic heterocycles. The van der Waals surface area contributed by atoms with E-state index in [2.05, 4.69) is 15.8 Å². The average Bonchev–Trinajstić information content (AvgIpc) is 2.84. The Morgan fingerprint density at radius 3 is 2.41 bits per heavy atom. The molecule has 0 atom stereocenters. The second-order valence-corrected chi connectivity index (χ2v) is 8.01. The summed E-state index contributed by atoms with van der Waals surface area (Å²) >= 11 is 5.96. The molecule has 7 heteroatoms. The fourth-order valence-electron chi connectivity index (χ4n) is 3.40. The molecule has 0 radical (unpaired) electrons. The summed E-state index contributed by atoms with van der Waals surface area (Å²) in [5.41, 5.74) is 5.33. The van der Waals surface area contributed by atoms with E-state index < -0.39 is 0 Å². The van der Waals surface area contributed by atoms with Crippen LogP contribution in [0.5, 0.6) is 5.75 Å². The fourth-order valence-corrected chi connectivity index (χ4v) is 3.53. The Kier molecular flexibility index (Phi) is 7.20. The molecule has 0 unspecified atom stereocenters. The molecule has 0 saturated carbocycles. The first-order valence-electron chi connectivity index (χ1n) is 10.6. The van der Waals surface area contributed by atoms with Gasteiger partial charge in [0.05, 0.1) is 6.21 Å². The predicted octanol–water partition coefficient (Wildman–Crippen LogP) is 5.79. The maximum absolute atomic E-state index is 12.5. The fraction of sp³-hybridized carbons (Fsp3) is 0.0741. The molecule has 0 aliphatic rings. The number of hydrogen-bond donors (Lipinski definition) is 2. The molecular weight excluding hydrogens is 450 g/mol. The predicted molar refractivity (Wildman–Crippen MR) is 136 cm³/mol. The number of hydrogen-bond acceptors (Lipinski definition) is 4. The molecule has 0 fully saturated rings. The number of fused-ring (bicyclic) bond motifs is 1. The number of benzene rings is 4. The van der Waals surface area contributed by atoms with Gasteiger partial charge in [-0.3, -0.25) is 9.59 Å². The van der Waals surface area contributed by atoms with Gasteiger partial charge < -0.3 is 10.1 Å². The zero-order valence-corrected chi connectivity index (χ0v) is 19.2. The zero-order chi connectivity index (χ0) is 23.9. The Hall–Kier alpha value is -4.16. The summed E-state index contributed by atoms with van der Waals surface area (Å²) in [6.45, 7) is 1.79. The van der Waals surface area contributed by atoms with Crippen LogP contribution in [0.15, 0.2) is 90.0 Å². The summed E-state index contributed by atoms with van der Waals surface area (Å²) in [7, 11) is 0. The molecule has 4 rings (SSSR count). The highest BCUT2D eigenvalue weighted by Crippen LogP contribution is 2.27. The van der Waals surface area contributed by atoms with Gasteiger partial charge in [0, 0.05) is 28.8 Å². The monoisotopic (exact) mass is 471 g/mol. The quantitative estimate of drug-likeness (QED) is 0.264. The molecule has 0 aliphatic carbocycles. The van der Waals surface area contributed by atoms with Crippen LogP contribution in [0.25, 0.3) is 10.8 Å². The molecule has 0 saturated heterocycles. The summed E-state index contributed by atoms with van der Waals surface area (Å²) in [5, 5.41) is 9.49. The summed E-state index contributed by atoms with van der Waals surface area (Å²) in [5.74, 6) is 0.103. The second kappa shape index (κ2) is 10.6. The van der Waals surface area contributed by atoms with E-state index in [4.69, 9.17) is 16.3 Å². The Bertz CT molecular complexity index is 1350. The van der Waals surface area contributed by atoms with Crippen LogP contribution < -0.4 is 15.5 Å². The van der Waals surface area contributed by atoms with Crippen LogP contribution in [0.3, 0.4) is 0 Å². The van der Waals surface area contributed by atoms with Crippen molar-refractivity contribution in [2.45, 2.75) is 13.5 Å². The van der Waals surface area contributed by atoms with Crippen LogP contribution in [-0.4, -0.2) is 18.0 Å². The molecule has 0 aromatic heterocycles. The minimum Gasteiger partial charge on any atom is -0.488 e. The van der Waals surface area contributed by atoms with E-state index in [1.807, 2.05) is 60.7 Å². The van der Waals surface area contributed by atoms with Crippen molar-refractivity contribution in [2.75, 3.05) is 5.32 Å². The first kappa shape index (κ1) is 23.0. The number of nitrogens with one attached hydrogen (secondary N) is 2. The summed E-state index contributed by atoms with van der Waals surface area (Å²) in [4.78, 5) is 23.6. The van der Waals surface area contributed by atoms with Crippen molar-refractivity contribution >= 4 is 46.1 Å². The number of carbonyl (C=O) groups excluding carboxylic acids is 2. The molecule has 34 heavy (non-hydrogen) atoms. The van der Waals surface area contributed by atoms with Gasteiger partial charge in [0.25, 0.3) is 5.91 Å². The number of hydrazone groups is 1. The third-order valence-corrected chi connectivity index (χ3v) is 5.32. The molecule has 4 aromatic rings. The maximum Gasteiger partial charge on any atom is 0.271 e. The number of rotatable bonds is 7.